The van der Waals surface area contributed by atoms with Crippen LogP contribution in [0.4, 0.5) is 0 Å². The highest BCUT2D eigenvalue weighted by Crippen LogP contribution is 2.17. The molecule has 3 N–H and O–H groups in total. The van der Waals surface area contributed by atoms with Crippen LogP contribution in [0.3, 0.4) is 0 Å². The van der Waals surface area contributed by atoms with Gasteiger partial charge in [0.2, 0.25) is 11.8 Å². The number of hydrogen-bond acceptors (Lipinski definition) is 3. The van der Waals surface area contributed by atoms with Gasteiger partial charge in [-0.15, -0.1) is 0 Å². The van der Waals surface area contributed by atoms with Crippen LogP contribution >= 0.6 is 0 Å². The Bertz CT molecular complexity index is 873. The van der Waals surface area contributed by atoms with E-state index in [0.29, 0.717) is 5.56 Å². The first-order valence-electron chi connectivity index (χ1n) is 7.61. The Morgan fingerprint density at radius 3 is 2.50 bits per heavy atom. The van der Waals surface area contributed by atoms with Crippen LogP contribution < -0.4 is 11.1 Å². The Kier molecular flexibility index (Phi) is 4.52. The first kappa shape index (κ1) is 15.7. The molecule has 0 unspecified atom stereocenters. The summed E-state index contributed by atoms with van der Waals surface area (Å²) in [5, 5.41) is 3.67. The van der Waals surface area contributed by atoms with E-state index in [4.69, 9.17) is 5.73 Å². The van der Waals surface area contributed by atoms with Crippen LogP contribution in [-0.2, 0) is 16.0 Å². The van der Waals surface area contributed by atoms with Crippen molar-refractivity contribution in [2.24, 2.45) is 5.73 Å². The number of benzene rings is 2. The number of amides is 2. The molecule has 2 amide bonds. The van der Waals surface area contributed by atoms with Crippen molar-refractivity contribution in [3.63, 3.8) is 0 Å². The van der Waals surface area contributed by atoms with Gasteiger partial charge in [0.1, 0.15) is 6.04 Å². The van der Waals surface area contributed by atoms with Crippen LogP contribution in [-0.4, -0.2) is 16.8 Å². The number of rotatable bonds is 5. The molecule has 0 spiro atoms. The molecule has 0 aliphatic carbocycles. The number of carbonyl (C=O) groups excluding carboxylic acids is 2. The fourth-order valence-electron chi connectivity index (χ4n) is 2.66. The third kappa shape index (κ3) is 3.41. The van der Waals surface area contributed by atoms with Gasteiger partial charge in [0.25, 0.3) is 0 Å². The summed E-state index contributed by atoms with van der Waals surface area (Å²) in [7, 11) is 0. The Morgan fingerprint density at radius 1 is 1.00 bits per heavy atom. The van der Waals surface area contributed by atoms with Crippen molar-refractivity contribution in [2.75, 3.05) is 0 Å². The molecule has 1 heterocycles. The molecule has 1 atom stereocenters. The van der Waals surface area contributed by atoms with E-state index in [2.05, 4.69) is 10.3 Å². The molecule has 0 aliphatic rings. The van der Waals surface area contributed by atoms with Crippen molar-refractivity contribution in [2.45, 2.75) is 12.5 Å². The fraction of sp³-hybridized carbons (Fsp3) is 0.105. The van der Waals surface area contributed by atoms with E-state index in [1.54, 1.807) is 30.5 Å². The van der Waals surface area contributed by atoms with E-state index in [9.17, 15) is 9.59 Å². The van der Waals surface area contributed by atoms with Gasteiger partial charge in [0, 0.05) is 11.6 Å². The Hall–Kier alpha value is -3.21. The molecule has 24 heavy (non-hydrogen) atoms. The molecule has 0 saturated carbocycles. The summed E-state index contributed by atoms with van der Waals surface area (Å²) >= 11 is 0. The largest absolute Gasteiger partial charge is 0.368 e. The summed E-state index contributed by atoms with van der Waals surface area (Å²) in [5.41, 5.74) is 7.69. The van der Waals surface area contributed by atoms with Crippen molar-refractivity contribution in [3.8, 4) is 0 Å². The average molecular weight is 319 g/mol. The third-order valence-electron chi connectivity index (χ3n) is 3.79. The zero-order valence-electron chi connectivity index (χ0n) is 13.0. The third-order valence-corrected chi connectivity index (χ3v) is 3.79. The molecule has 3 rings (SSSR count). The molecular weight excluding hydrogens is 302 g/mol. The molecule has 0 fully saturated rings. The minimum atomic E-state index is -0.846. The fourth-order valence-corrected chi connectivity index (χ4v) is 2.66. The topological polar surface area (TPSA) is 85.1 Å². The second-order valence-electron chi connectivity index (χ2n) is 5.48. The number of fused-ring (bicyclic) bond motifs is 1. The van der Waals surface area contributed by atoms with E-state index >= 15 is 0 Å². The molecule has 120 valence electrons. The molecule has 5 nitrogen and oxygen atoms in total. The van der Waals surface area contributed by atoms with Gasteiger partial charge in [-0.2, -0.15) is 0 Å². The van der Waals surface area contributed by atoms with Crippen molar-refractivity contribution >= 4 is 22.7 Å². The normalized spacial score (nSPS) is 11.8. The summed E-state index contributed by atoms with van der Waals surface area (Å²) in [4.78, 5) is 28.4. The van der Waals surface area contributed by atoms with Gasteiger partial charge in [0.15, 0.2) is 0 Å². The van der Waals surface area contributed by atoms with Gasteiger partial charge >= 0.3 is 0 Å². The van der Waals surface area contributed by atoms with E-state index in [-0.39, 0.29) is 12.3 Å². The molecule has 1 aromatic heterocycles. The predicted molar refractivity (Wildman–Crippen MR) is 92.0 cm³/mol. The minimum absolute atomic E-state index is 0.130. The average Bonchev–Trinajstić information content (AvgIpc) is 2.60. The van der Waals surface area contributed by atoms with E-state index < -0.39 is 11.9 Å². The lowest BCUT2D eigenvalue weighted by Crippen LogP contribution is -2.38. The van der Waals surface area contributed by atoms with Gasteiger partial charge < -0.3 is 11.1 Å². The summed E-state index contributed by atoms with van der Waals surface area (Å²) in [6.07, 6.45) is 1.82. The summed E-state index contributed by atoms with van der Waals surface area (Å²) in [6.45, 7) is 0. The number of primary amides is 1. The van der Waals surface area contributed by atoms with Gasteiger partial charge in [0.05, 0.1) is 11.9 Å². The first-order chi connectivity index (χ1) is 11.6. The van der Waals surface area contributed by atoms with Crippen molar-refractivity contribution in [1.82, 2.24) is 10.3 Å². The summed E-state index contributed by atoms with van der Waals surface area (Å²) < 4.78 is 0. The summed E-state index contributed by atoms with van der Waals surface area (Å²) in [5.74, 6) is -0.869. The minimum Gasteiger partial charge on any atom is -0.368 e. The van der Waals surface area contributed by atoms with Gasteiger partial charge in [-0.05, 0) is 17.2 Å². The zero-order chi connectivity index (χ0) is 16.9. The molecule has 5 heteroatoms. The zero-order valence-corrected chi connectivity index (χ0v) is 13.0. The second-order valence-corrected chi connectivity index (χ2v) is 5.48. The smallest absolute Gasteiger partial charge is 0.244 e. The monoisotopic (exact) mass is 319 g/mol. The highest BCUT2D eigenvalue weighted by molar-refractivity contribution is 5.91. The summed E-state index contributed by atoms with van der Waals surface area (Å²) in [6, 6.07) is 17.6. The van der Waals surface area contributed by atoms with Gasteiger partial charge in [-0.1, -0.05) is 54.6 Å². The number of pyridine rings is 1. The number of para-hydroxylation sites is 1. The van der Waals surface area contributed by atoms with Crippen LogP contribution in [0.5, 0.6) is 0 Å². The number of aromatic nitrogens is 1. The van der Waals surface area contributed by atoms with Crippen molar-refractivity contribution < 1.29 is 9.59 Å². The number of nitrogens with two attached hydrogens (primary N) is 1. The first-order valence-corrected chi connectivity index (χ1v) is 7.61. The lowest BCUT2D eigenvalue weighted by molar-refractivity contribution is -0.127. The van der Waals surface area contributed by atoms with Crippen molar-refractivity contribution in [1.29, 1.82) is 0 Å². The molecule has 3 aromatic rings. The molecule has 0 bridgehead atoms. The highest BCUT2D eigenvalue weighted by atomic mass is 16.2. The second kappa shape index (κ2) is 6.91. The maximum atomic E-state index is 12.4. The van der Waals surface area contributed by atoms with Crippen LogP contribution in [0.2, 0.25) is 0 Å². The van der Waals surface area contributed by atoms with E-state index in [1.807, 2.05) is 36.4 Å². The molecule has 2 aromatic carbocycles. The van der Waals surface area contributed by atoms with Gasteiger partial charge in [-0.25, -0.2) is 0 Å². The quantitative estimate of drug-likeness (QED) is 0.755. The Balaban J connectivity index is 1.80. The van der Waals surface area contributed by atoms with Crippen LogP contribution in [0.25, 0.3) is 10.9 Å². The van der Waals surface area contributed by atoms with Crippen molar-refractivity contribution in [3.05, 3.63) is 78.0 Å². The lowest BCUT2D eigenvalue weighted by atomic mass is 10.0. The number of nitrogens with zero attached hydrogens (tertiary/aromatic N) is 1. The van der Waals surface area contributed by atoms with Gasteiger partial charge in [-0.3, -0.25) is 14.6 Å². The molecule has 0 aliphatic heterocycles. The van der Waals surface area contributed by atoms with E-state index in [1.165, 1.54) is 0 Å². The van der Waals surface area contributed by atoms with Crippen LogP contribution in [0.15, 0.2) is 66.9 Å². The number of hydrogen-bond donors (Lipinski definition) is 2. The maximum Gasteiger partial charge on any atom is 0.244 e. The maximum absolute atomic E-state index is 12.4. The molecular formula is C19H17N3O2. The Morgan fingerprint density at radius 2 is 1.75 bits per heavy atom. The highest BCUT2D eigenvalue weighted by Gasteiger charge is 2.20. The molecule has 0 saturated heterocycles. The predicted octanol–water partition coefficient (Wildman–Crippen LogP) is 2.12. The SMILES string of the molecule is NC(=O)[C@@H](NC(=O)Cc1cccc2cccnc12)c1ccccc1. The standard InChI is InChI=1S/C19H17N3O2/c20-19(24)18(14-6-2-1-3-7-14)22-16(23)12-15-9-4-8-13-10-5-11-21-17(13)15/h1-11,18H,12H2,(H2,20,24)(H,22,23)/t18-/m0/s1. The number of nitrogens with one attached hydrogen (secondary N) is 1. The Labute approximate surface area is 139 Å². The molecule has 0 radical (unpaired) electrons. The van der Waals surface area contributed by atoms with Crippen LogP contribution in [0, 0.1) is 0 Å². The lowest BCUT2D eigenvalue weighted by Gasteiger charge is -2.16. The van der Waals surface area contributed by atoms with Crippen LogP contribution in [0.1, 0.15) is 17.2 Å². The number of carbonyl (C=O) groups is 2. The van der Waals surface area contributed by atoms with E-state index in [0.717, 1.165) is 16.5 Å².